The maximum absolute atomic E-state index is 12.2. The van der Waals surface area contributed by atoms with Crippen LogP contribution in [0.3, 0.4) is 0 Å². The van der Waals surface area contributed by atoms with Gasteiger partial charge >= 0.3 is 6.03 Å². The molecule has 1 atom stereocenters. The number of rotatable bonds is 6. The summed E-state index contributed by atoms with van der Waals surface area (Å²) < 4.78 is 11.5. The lowest BCUT2D eigenvalue weighted by Gasteiger charge is -2.21. The molecule has 0 aromatic carbocycles. The highest BCUT2D eigenvalue weighted by molar-refractivity contribution is 5.73. The van der Waals surface area contributed by atoms with Crippen LogP contribution in [0.15, 0.2) is 18.3 Å². The first-order valence-electron chi connectivity index (χ1n) is 8.93. The van der Waals surface area contributed by atoms with Gasteiger partial charge in [-0.25, -0.2) is 9.78 Å². The Morgan fingerprint density at radius 3 is 2.96 bits per heavy atom. The number of amides is 2. The smallest absolute Gasteiger partial charge is 0.317 e. The molecule has 1 N–H and O–H groups in total. The Balaban J connectivity index is 1.45. The number of nitrogens with one attached hydrogen (secondary N) is 1. The molecule has 0 radical (unpaired) electrons. The molecule has 3 rings (SSSR count). The number of carbonyl (C=O) groups is 1. The molecule has 0 unspecified atom stereocenters. The molecule has 1 saturated carbocycles. The highest BCUT2D eigenvalue weighted by Gasteiger charge is 2.20. The van der Waals surface area contributed by atoms with E-state index in [-0.39, 0.29) is 12.1 Å². The number of ether oxygens (including phenoxy) is 2. The summed E-state index contributed by atoms with van der Waals surface area (Å²) in [6, 6.07) is 3.74. The Bertz CT molecular complexity index is 540. The van der Waals surface area contributed by atoms with E-state index >= 15 is 0 Å². The number of hydrogen-bond donors (Lipinski definition) is 1. The number of hydrogen-bond acceptors (Lipinski definition) is 4. The van der Waals surface area contributed by atoms with Gasteiger partial charge in [-0.3, -0.25) is 0 Å². The lowest BCUT2D eigenvalue weighted by Crippen LogP contribution is -2.40. The van der Waals surface area contributed by atoms with Gasteiger partial charge in [-0.1, -0.05) is 0 Å². The second kappa shape index (κ2) is 8.33. The second-order valence-electron chi connectivity index (χ2n) is 6.70. The topological polar surface area (TPSA) is 63.7 Å². The van der Waals surface area contributed by atoms with Gasteiger partial charge in [0.2, 0.25) is 5.88 Å². The Labute approximate surface area is 143 Å². The molecule has 2 amide bonds. The van der Waals surface area contributed by atoms with Gasteiger partial charge in [0.15, 0.2) is 0 Å². The third-order valence-electron chi connectivity index (χ3n) is 4.68. The summed E-state index contributed by atoms with van der Waals surface area (Å²) in [5.41, 5.74) is 0.997. The van der Waals surface area contributed by atoms with E-state index in [1.807, 2.05) is 12.1 Å². The molecule has 2 heterocycles. The number of urea groups is 1. The summed E-state index contributed by atoms with van der Waals surface area (Å²) in [6.07, 6.45) is 9.00. The first-order valence-corrected chi connectivity index (χ1v) is 8.93. The van der Waals surface area contributed by atoms with Crippen LogP contribution in [0.1, 0.15) is 44.1 Å². The van der Waals surface area contributed by atoms with Crippen molar-refractivity contribution >= 4 is 6.03 Å². The summed E-state index contributed by atoms with van der Waals surface area (Å²) in [6.45, 7) is 1.91. The van der Waals surface area contributed by atoms with Crippen molar-refractivity contribution in [2.75, 3.05) is 20.2 Å². The van der Waals surface area contributed by atoms with Gasteiger partial charge in [0.25, 0.3) is 0 Å². The zero-order valence-electron chi connectivity index (χ0n) is 14.4. The maximum atomic E-state index is 12.2. The molecule has 6 nitrogen and oxygen atoms in total. The van der Waals surface area contributed by atoms with Crippen LogP contribution >= 0.6 is 0 Å². The van der Waals surface area contributed by atoms with Crippen molar-refractivity contribution in [3.05, 3.63) is 23.9 Å². The van der Waals surface area contributed by atoms with Crippen molar-refractivity contribution in [3.63, 3.8) is 0 Å². The van der Waals surface area contributed by atoms with Crippen molar-refractivity contribution in [2.24, 2.45) is 0 Å². The van der Waals surface area contributed by atoms with Gasteiger partial charge in [-0.05, 0) is 50.2 Å². The number of aromatic nitrogens is 1. The van der Waals surface area contributed by atoms with E-state index in [2.05, 4.69) is 10.3 Å². The molecule has 2 fully saturated rings. The van der Waals surface area contributed by atoms with E-state index in [4.69, 9.17) is 9.47 Å². The molecule has 1 aromatic heterocycles. The minimum atomic E-state index is -0.0828. The summed E-state index contributed by atoms with van der Waals surface area (Å²) in [7, 11) is 1.80. The van der Waals surface area contributed by atoms with Crippen LogP contribution in [0.5, 0.6) is 5.88 Å². The van der Waals surface area contributed by atoms with E-state index in [1.165, 1.54) is 12.8 Å². The van der Waals surface area contributed by atoms with Crippen LogP contribution in [-0.4, -0.2) is 48.3 Å². The third kappa shape index (κ3) is 4.84. The van der Waals surface area contributed by atoms with Gasteiger partial charge in [0.1, 0.15) is 6.10 Å². The van der Waals surface area contributed by atoms with E-state index in [1.54, 1.807) is 18.1 Å². The first kappa shape index (κ1) is 17.0. The zero-order chi connectivity index (χ0) is 16.8. The van der Waals surface area contributed by atoms with Gasteiger partial charge in [0.05, 0.1) is 6.10 Å². The molecule has 1 saturated heterocycles. The molecule has 2 aliphatic rings. The van der Waals surface area contributed by atoms with Gasteiger partial charge < -0.3 is 19.7 Å². The number of carbonyl (C=O) groups excluding carboxylic acids is 1. The fourth-order valence-corrected chi connectivity index (χ4v) is 3.29. The summed E-state index contributed by atoms with van der Waals surface area (Å²) in [5, 5.41) is 2.94. The molecule has 132 valence electrons. The van der Waals surface area contributed by atoms with Crippen LogP contribution in [0.4, 0.5) is 4.79 Å². The van der Waals surface area contributed by atoms with Crippen molar-refractivity contribution in [1.29, 1.82) is 0 Å². The Kier molecular flexibility index (Phi) is 5.91. The minimum absolute atomic E-state index is 0.0828. The largest absolute Gasteiger partial charge is 0.474 e. The van der Waals surface area contributed by atoms with Gasteiger partial charge in [-0.15, -0.1) is 0 Å². The second-order valence-corrected chi connectivity index (χ2v) is 6.70. The molecule has 1 aliphatic heterocycles. The van der Waals surface area contributed by atoms with Crippen molar-refractivity contribution in [1.82, 2.24) is 15.2 Å². The number of nitrogens with zero attached hydrogens (tertiary/aromatic N) is 2. The fraction of sp³-hybridized carbons (Fsp3) is 0.667. The summed E-state index contributed by atoms with van der Waals surface area (Å²) >= 11 is 0. The molecular formula is C18H27N3O3. The number of pyridine rings is 1. The van der Waals surface area contributed by atoms with Crippen LogP contribution < -0.4 is 10.1 Å². The fourth-order valence-electron chi connectivity index (χ4n) is 3.29. The van der Waals surface area contributed by atoms with E-state index in [9.17, 15) is 4.79 Å². The van der Waals surface area contributed by atoms with E-state index in [0.717, 1.165) is 37.9 Å². The molecule has 1 aliphatic carbocycles. The molecule has 1 aromatic rings. The van der Waals surface area contributed by atoms with Crippen molar-refractivity contribution < 1.29 is 14.3 Å². The lowest BCUT2D eigenvalue weighted by molar-refractivity contribution is 0.0874. The van der Waals surface area contributed by atoms with Gasteiger partial charge in [0, 0.05) is 39.0 Å². The Hall–Kier alpha value is -1.82. The SMILES string of the molecule is CN(C[C@H]1CCCO1)C(=O)NCc1ccnc(OC2CCCC2)c1. The average Bonchev–Trinajstić information content (AvgIpc) is 3.27. The first-order chi connectivity index (χ1) is 11.7. The van der Waals surface area contributed by atoms with E-state index < -0.39 is 0 Å². The quantitative estimate of drug-likeness (QED) is 0.869. The minimum Gasteiger partial charge on any atom is -0.474 e. The highest BCUT2D eigenvalue weighted by Crippen LogP contribution is 2.23. The molecule has 24 heavy (non-hydrogen) atoms. The zero-order valence-corrected chi connectivity index (χ0v) is 14.4. The predicted molar refractivity (Wildman–Crippen MR) is 91.0 cm³/mol. The predicted octanol–water partition coefficient (Wildman–Crippen LogP) is 2.72. The third-order valence-corrected chi connectivity index (χ3v) is 4.68. The Morgan fingerprint density at radius 2 is 2.21 bits per heavy atom. The standard InChI is InChI=1S/C18H27N3O3/c1-21(13-16-7-4-10-23-16)18(22)20-12-14-8-9-19-17(11-14)24-15-5-2-3-6-15/h8-9,11,15-16H,2-7,10,12-13H2,1H3,(H,20,22)/t16-/m1/s1. The molecule has 6 heteroatoms. The molecule has 0 spiro atoms. The van der Waals surface area contributed by atoms with Crippen LogP contribution in [0.25, 0.3) is 0 Å². The Morgan fingerprint density at radius 1 is 1.38 bits per heavy atom. The van der Waals surface area contributed by atoms with Crippen LogP contribution in [0, 0.1) is 0 Å². The highest BCUT2D eigenvalue weighted by atomic mass is 16.5. The maximum Gasteiger partial charge on any atom is 0.317 e. The van der Waals surface area contributed by atoms with Gasteiger partial charge in [-0.2, -0.15) is 0 Å². The summed E-state index contributed by atoms with van der Waals surface area (Å²) in [4.78, 5) is 18.1. The van der Waals surface area contributed by atoms with Crippen molar-refractivity contribution in [3.8, 4) is 5.88 Å². The number of likely N-dealkylation sites (N-methyl/N-ethyl adjacent to an activating group) is 1. The van der Waals surface area contributed by atoms with E-state index in [0.29, 0.717) is 25.1 Å². The average molecular weight is 333 g/mol. The molecular weight excluding hydrogens is 306 g/mol. The van der Waals surface area contributed by atoms with Crippen LogP contribution in [0.2, 0.25) is 0 Å². The summed E-state index contributed by atoms with van der Waals surface area (Å²) in [5.74, 6) is 0.654. The molecule has 0 bridgehead atoms. The normalized spacial score (nSPS) is 21.0. The van der Waals surface area contributed by atoms with Crippen LogP contribution in [-0.2, 0) is 11.3 Å². The van der Waals surface area contributed by atoms with Crippen molar-refractivity contribution in [2.45, 2.75) is 57.3 Å². The monoisotopic (exact) mass is 333 g/mol. The lowest BCUT2D eigenvalue weighted by atomic mass is 10.2.